The summed E-state index contributed by atoms with van der Waals surface area (Å²) in [5.41, 5.74) is -1.79. The number of ether oxygens (including phenoxy) is 1. The lowest BCUT2D eigenvalue weighted by atomic mass is 9.98. The molecule has 4 nitrogen and oxygen atoms in total. The maximum Gasteiger partial charge on any atom is 0.416 e. The minimum absolute atomic E-state index is 0.0462. The van der Waals surface area contributed by atoms with Gasteiger partial charge < -0.3 is 10.1 Å². The van der Waals surface area contributed by atoms with Gasteiger partial charge in [0.1, 0.15) is 11.3 Å². The van der Waals surface area contributed by atoms with Gasteiger partial charge in [0.05, 0.1) is 11.6 Å². The Balaban J connectivity index is 1.93. The van der Waals surface area contributed by atoms with Gasteiger partial charge in [-0.3, -0.25) is 4.79 Å². The Kier molecular flexibility index (Phi) is 4.31. The molecule has 0 bridgehead atoms. The summed E-state index contributed by atoms with van der Waals surface area (Å²) in [5, 5.41) is 11.7. The van der Waals surface area contributed by atoms with Gasteiger partial charge in [-0.25, -0.2) is 0 Å². The highest BCUT2D eigenvalue weighted by molar-refractivity contribution is 5.79. The fourth-order valence-corrected chi connectivity index (χ4v) is 2.12. The number of nitriles is 1. The summed E-state index contributed by atoms with van der Waals surface area (Å²) in [7, 11) is 0. The predicted molar refractivity (Wildman–Crippen MR) is 71.8 cm³/mol. The van der Waals surface area contributed by atoms with Crippen molar-refractivity contribution in [1.29, 1.82) is 5.26 Å². The molecule has 0 radical (unpaired) electrons. The molecule has 0 aromatic heterocycles. The number of benzene rings is 1. The van der Waals surface area contributed by atoms with Crippen LogP contribution in [0.1, 0.15) is 25.3 Å². The highest BCUT2D eigenvalue weighted by Crippen LogP contribution is 2.39. The highest BCUT2D eigenvalue weighted by atomic mass is 19.4. The largest absolute Gasteiger partial charge is 0.484 e. The molecule has 0 saturated heterocycles. The van der Waals surface area contributed by atoms with E-state index in [1.54, 1.807) is 6.92 Å². The van der Waals surface area contributed by atoms with E-state index in [0.717, 1.165) is 25.0 Å². The summed E-state index contributed by atoms with van der Waals surface area (Å²) in [5.74, 6) is -0.460. The van der Waals surface area contributed by atoms with Crippen LogP contribution in [0.25, 0.3) is 0 Å². The van der Waals surface area contributed by atoms with Crippen molar-refractivity contribution in [3.63, 3.8) is 0 Å². The van der Waals surface area contributed by atoms with Crippen molar-refractivity contribution in [2.24, 2.45) is 5.92 Å². The highest BCUT2D eigenvalue weighted by Gasteiger charge is 2.43. The molecule has 1 aromatic rings. The number of hydrogen-bond donors (Lipinski definition) is 1. The third kappa shape index (κ3) is 3.91. The van der Waals surface area contributed by atoms with Crippen LogP contribution in [0.15, 0.2) is 24.3 Å². The van der Waals surface area contributed by atoms with Crippen molar-refractivity contribution < 1.29 is 22.7 Å². The molecular formula is C15H15F3N2O2. The molecule has 0 heterocycles. The molecule has 7 heteroatoms. The first-order chi connectivity index (χ1) is 10.2. The summed E-state index contributed by atoms with van der Waals surface area (Å²) < 4.78 is 42.8. The normalized spacial score (nSPS) is 17.2. The molecule has 1 amide bonds. The smallest absolute Gasteiger partial charge is 0.416 e. The van der Waals surface area contributed by atoms with Gasteiger partial charge in [-0.2, -0.15) is 18.4 Å². The van der Waals surface area contributed by atoms with E-state index in [-0.39, 0.29) is 11.7 Å². The lowest BCUT2D eigenvalue weighted by Gasteiger charge is -2.22. The van der Waals surface area contributed by atoms with Crippen LogP contribution in [0.4, 0.5) is 13.2 Å². The second-order valence-electron chi connectivity index (χ2n) is 5.45. The monoisotopic (exact) mass is 312 g/mol. The van der Waals surface area contributed by atoms with Crippen molar-refractivity contribution in [1.82, 2.24) is 5.32 Å². The molecule has 0 aliphatic heterocycles. The predicted octanol–water partition coefficient (Wildman–Crippen LogP) is 2.89. The third-order valence-corrected chi connectivity index (χ3v) is 3.56. The van der Waals surface area contributed by atoms with Gasteiger partial charge in [-0.15, -0.1) is 0 Å². The Morgan fingerprint density at radius 3 is 2.68 bits per heavy atom. The molecular weight excluding hydrogens is 297 g/mol. The number of alkyl halides is 3. The number of amides is 1. The maximum atomic E-state index is 12.6. The van der Waals surface area contributed by atoms with E-state index in [1.807, 2.05) is 0 Å². The van der Waals surface area contributed by atoms with Crippen LogP contribution >= 0.6 is 0 Å². The minimum atomic E-state index is -4.47. The fraction of sp³-hybridized carbons (Fsp3) is 0.467. The molecule has 1 aliphatic rings. The first kappa shape index (κ1) is 16.1. The molecule has 1 N–H and O–H groups in total. The number of carbonyl (C=O) groups is 1. The van der Waals surface area contributed by atoms with E-state index in [1.165, 1.54) is 12.1 Å². The number of hydrogen-bond acceptors (Lipinski definition) is 3. The van der Waals surface area contributed by atoms with E-state index in [4.69, 9.17) is 10.00 Å². The number of carbonyl (C=O) groups excluding carboxylic acids is 1. The molecule has 1 saturated carbocycles. The summed E-state index contributed by atoms with van der Waals surface area (Å²) >= 11 is 0. The lowest BCUT2D eigenvalue weighted by Crippen LogP contribution is -2.48. The molecule has 1 aliphatic carbocycles. The van der Waals surface area contributed by atoms with E-state index in [9.17, 15) is 18.0 Å². The van der Waals surface area contributed by atoms with E-state index in [2.05, 4.69) is 11.4 Å². The van der Waals surface area contributed by atoms with Gasteiger partial charge in [0, 0.05) is 0 Å². The van der Waals surface area contributed by atoms with Gasteiger partial charge in [-0.1, -0.05) is 6.07 Å². The zero-order chi connectivity index (χ0) is 16.4. The lowest BCUT2D eigenvalue weighted by molar-refractivity contribution is -0.137. The minimum Gasteiger partial charge on any atom is -0.484 e. The van der Waals surface area contributed by atoms with Crippen LogP contribution in [0, 0.1) is 17.2 Å². The van der Waals surface area contributed by atoms with Gasteiger partial charge in [0.2, 0.25) is 0 Å². The quantitative estimate of drug-likeness (QED) is 0.909. The van der Waals surface area contributed by atoms with E-state index < -0.39 is 29.8 Å². The van der Waals surface area contributed by atoms with Gasteiger partial charge in [-0.05, 0) is 43.9 Å². The number of nitrogens with zero attached hydrogens (tertiary/aromatic N) is 1. The van der Waals surface area contributed by atoms with Crippen LogP contribution in [0.3, 0.4) is 0 Å². The van der Waals surface area contributed by atoms with E-state index in [0.29, 0.717) is 0 Å². The van der Waals surface area contributed by atoms with Crippen molar-refractivity contribution in [2.45, 2.75) is 31.5 Å². The Bertz CT molecular complexity index is 606. The Hall–Kier alpha value is -2.23. The molecule has 1 unspecified atom stereocenters. The van der Waals surface area contributed by atoms with Crippen LogP contribution in [-0.2, 0) is 11.0 Å². The summed E-state index contributed by atoms with van der Waals surface area (Å²) in [6.45, 7) is 1.19. The van der Waals surface area contributed by atoms with Gasteiger partial charge in [0.15, 0.2) is 6.61 Å². The Labute approximate surface area is 125 Å². The standard InChI is InChI=1S/C15H15F3N2O2/c1-14(9-19,10-5-6-10)20-13(21)8-22-12-4-2-3-11(7-12)15(16,17)18/h2-4,7,10H,5-6,8H2,1H3,(H,20,21). The Morgan fingerprint density at radius 2 is 2.14 bits per heavy atom. The average Bonchev–Trinajstić information content (AvgIpc) is 3.29. The second kappa shape index (κ2) is 5.87. The molecule has 1 atom stereocenters. The van der Waals surface area contributed by atoms with Crippen LogP contribution < -0.4 is 10.1 Å². The molecule has 118 valence electrons. The molecule has 0 spiro atoms. The average molecular weight is 312 g/mol. The van der Waals surface area contributed by atoms with Crippen LogP contribution in [0.5, 0.6) is 5.75 Å². The van der Waals surface area contributed by atoms with Crippen LogP contribution in [-0.4, -0.2) is 18.1 Å². The van der Waals surface area contributed by atoms with E-state index >= 15 is 0 Å². The summed E-state index contributed by atoms with van der Waals surface area (Å²) in [6, 6.07) is 6.36. The SMILES string of the molecule is CC(C#N)(NC(=O)COc1cccc(C(F)(F)F)c1)C1CC1. The first-order valence-corrected chi connectivity index (χ1v) is 6.77. The van der Waals surface area contributed by atoms with Crippen molar-refractivity contribution in [3.05, 3.63) is 29.8 Å². The summed E-state index contributed by atoms with van der Waals surface area (Å²) in [4.78, 5) is 11.8. The van der Waals surface area contributed by atoms with Crippen LogP contribution in [0.2, 0.25) is 0 Å². The van der Waals surface area contributed by atoms with Crippen molar-refractivity contribution >= 4 is 5.91 Å². The van der Waals surface area contributed by atoms with Crippen molar-refractivity contribution in [3.8, 4) is 11.8 Å². The van der Waals surface area contributed by atoms with Gasteiger partial charge in [0.25, 0.3) is 5.91 Å². The molecule has 22 heavy (non-hydrogen) atoms. The fourth-order valence-electron chi connectivity index (χ4n) is 2.12. The molecule has 1 fully saturated rings. The first-order valence-electron chi connectivity index (χ1n) is 6.77. The third-order valence-electron chi connectivity index (χ3n) is 3.56. The maximum absolute atomic E-state index is 12.6. The summed E-state index contributed by atoms with van der Waals surface area (Å²) in [6.07, 6.45) is -2.72. The molecule has 1 aromatic carbocycles. The zero-order valence-corrected chi connectivity index (χ0v) is 11.9. The molecule has 2 rings (SSSR count). The zero-order valence-electron chi connectivity index (χ0n) is 11.9. The number of rotatable bonds is 5. The van der Waals surface area contributed by atoms with Crippen molar-refractivity contribution in [2.75, 3.05) is 6.61 Å². The second-order valence-corrected chi connectivity index (χ2v) is 5.45. The topological polar surface area (TPSA) is 62.1 Å². The Morgan fingerprint density at radius 1 is 1.45 bits per heavy atom. The number of nitrogens with one attached hydrogen (secondary N) is 1. The number of halogens is 3. The van der Waals surface area contributed by atoms with Gasteiger partial charge >= 0.3 is 6.18 Å².